The molecule has 1 heterocycles. The standard InChI is InChI=1S/C15H15F3N2/c1-9(2)20-15(14-6-4-11(17)8-19-14)12-7-10(16)3-5-13(12)18/h3-9,15,20H,1-2H3. The fourth-order valence-electron chi connectivity index (χ4n) is 1.96. The summed E-state index contributed by atoms with van der Waals surface area (Å²) in [5.41, 5.74) is 0.586. The van der Waals surface area contributed by atoms with Crippen LogP contribution < -0.4 is 5.32 Å². The van der Waals surface area contributed by atoms with E-state index in [1.807, 2.05) is 13.8 Å². The van der Waals surface area contributed by atoms with Crippen molar-refractivity contribution in [3.63, 3.8) is 0 Å². The van der Waals surface area contributed by atoms with Crippen LogP contribution in [0, 0.1) is 17.5 Å². The first-order chi connectivity index (χ1) is 9.47. The first-order valence-corrected chi connectivity index (χ1v) is 6.30. The maximum atomic E-state index is 13.9. The van der Waals surface area contributed by atoms with Crippen molar-refractivity contribution < 1.29 is 13.2 Å². The normalized spacial score (nSPS) is 12.7. The number of hydrogen-bond donors (Lipinski definition) is 1. The molecule has 0 saturated carbocycles. The maximum absolute atomic E-state index is 13.9. The molecule has 0 aliphatic heterocycles. The fraction of sp³-hybridized carbons (Fsp3) is 0.267. The zero-order valence-electron chi connectivity index (χ0n) is 11.2. The highest BCUT2D eigenvalue weighted by atomic mass is 19.1. The van der Waals surface area contributed by atoms with E-state index in [0.29, 0.717) is 5.69 Å². The molecule has 1 unspecified atom stereocenters. The number of hydrogen-bond acceptors (Lipinski definition) is 2. The molecule has 0 bridgehead atoms. The predicted molar refractivity (Wildman–Crippen MR) is 70.7 cm³/mol. The van der Waals surface area contributed by atoms with Crippen molar-refractivity contribution in [2.45, 2.75) is 25.9 Å². The number of halogens is 3. The third kappa shape index (κ3) is 3.36. The molecule has 106 valence electrons. The van der Waals surface area contributed by atoms with Gasteiger partial charge in [0.2, 0.25) is 0 Å². The molecule has 0 fully saturated rings. The summed E-state index contributed by atoms with van der Waals surface area (Å²) in [7, 11) is 0. The van der Waals surface area contributed by atoms with Crippen molar-refractivity contribution in [3.05, 3.63) is 65.2 Å². The van der Waals surface area contributed by atoms with Crippen LogP contribution >= 0.6 is 0 Å². The van der Waals surface area contributed by atoms with E-state index in [1.54, 1.807) is 0 Å². The van der Waals surface area contributed by atoms with Gasteiger partial charge in [0.15, 0.2) is 0 Å². The number of nitrogens with one attached hydrogen (secondary N) is 1. The highest BCUT2D eigenvalue weighted by Gasteiger charge is 2.20. The highest BCUT2D eigenvalue weighted by Crippen LogP contribution is 2.24. The molecule has 0 saturated heterocycles. The van der Waals surface area contributed by atoms with E-state index in [9.17, 15) is 13.2 Å². The van der Waals surface area contributed by atoms with E-state index < -0.39 is 23.5 Å². The topological polar surface area (TPSA) is 24.9 Å². The van der Waals surface area contributed by atoms with Crippen LogP contribution in [0.15, 0.2) is 36.5 Å². The van der Waals surface area contributed by atoms with Gasteiger partial charge >= 0.3 is 0 Å². The van der Waals surface area contributed by atoms with Crippen molar-refractivity contribution >= 4 is 0 Å². The lowest BCUT2D eigenvalue weighted by molar-refractivity contribution is 0.489. The average Bonchev–Trinajstić information content (AvgIpc) is 2.40. The Morgan fingerprint density at radius 2 is 1.70 bits per heavy atom. The van der Waals surface area contributed by atoms with Crippen LogP contribution in [0.4, 0.5) is 13.2 Å². The zero-order chi connectivity index (χ0) is 14.7. The predicted octanol–water partition coefficient (Wildman–Crippen LogP) is 3.59. The van der Waals surface area contributed by atoms with Gasteiger partial charge in [-0.3, -0.25) is 4.98 Å². The minimum absolute atomic E-state index is 0.0227. The number of aromatic nitrogens is 1. The Bertz CT molecular complexity index is 582. The Hall–Kier alpha value is -1.88. The molecule has 5 heteroatoms. The molecule has 0 amide bonds. The van der Waals surface area contributed by atoms with Crippen LogP contribution in [0.3, 0.4) is 0 Å². The van der Waals surface area contributed by atoms with Crippen molar-refractivity contribution in [2.24, 2.45) is 0 Å². The first-order valence-electron chi connectivity index (χ1n) is 6.30. The van der Waals surface area contributed by atoms with Gasteiger partial charge in [0, 0.05) is 11.6 Å². The van der Waals surface area contributed by atoms with Crippen LogP contribution in [0.25, 0.3) is 0 Å². The van der Waals surface area contributed by atoms with Crippen molar-refractivity contribution in [2.75, 3.05) is 0 Å². The summed E-state index contributed by atoms with van der Waals surface area (Å²) in [6.07, 6.45) is 1.06. The molecule has 1 atom stereocenters. The third-order valence-corrected chi connectivity index (χ3v) is 2.82. The van der Waals surface area contributed by atoms with Crippen molar-refractivity contribution in [3.8, 4) is 0 Å². The minimum atomic E-state index is -0.633. The Labute approximate surface area is 115 Å². The van der Waals surface area contributed by atoms with Gasteiger partial charge < -0.3 is 5.32 Å². The van der Waals surface area contributed by atoms with Crippen LogP contribution in [-0.2, 0) is 0 Å². The van der Waals surface area contributed by atoms with Crippen molar-refractivity contribution in [1.29, 1.82) is 0 Å². The molecule has 1 aromatic carbocycles. The van der Waals surface area contributed by atoms with E-state index in [0.717, 1.165) is 24.4 Å². The van der Waals surface area contributed by atoms with Crippen molar-refractivity contribution in [1.82, 2.24) is 10.3 Å². The lowest BCUT2D eigenvalue weighted by atomic mass is 10.0. The molecule has 0 aliphatic carbocycles. The number of pyridine rings is 1. The molecule has 20 heavy (non-hydrogen) atoms. The number of rotatable bonds is 4. The fourth-order valence-corrected chi connectivity index (χ4v) is 1.96. The van der Waals surface area contributed by atoms with Gasteiger partial charge in [0.25, 0.3) is 0 Å². The van der Waals surface area contributed by atoms with Gasteiger partial charge in [0.05, 0.1) is 17.9 Å². The molecular weight excluding hydrogens is 265 g/mol. The number of nitrogens with zero attached hydrogens (tertiary/aromatic N) is 1. The molecular formula is C15H15F3N2. The monoisotopic (exact) mass is 280 g/mol. The smallest absolute Gasteiger partial charge is 0.141 e. The molecule has 2 aromatic rings. The van der Waals surface area contributed by atoms with Crippen LogP contribution in [-0.4, -0.2) is 11.0 Å². The number of benzene rings is 1. The Morgan fingerprint density at radius 1 is 1.00 bits per heavy atom. The Balaban J connectivity index is 2.46. The average molecular weight is 280 g/mol. The molecule has 0 aliphatic rings. The minimum Gasteiger partial charge on any atom is -0.303 e. The highest BCUT2D eigenvalue weighted by molar-refractivity contribution is 5.29. The van der Waals surface area contributed by atoms with Gasteiger partial charge in [-0.2, -0.15) is 0 Å². The summed E-state index contributed by atoms with van der Waals surface area (Å²) in [6, 6.07) is 5.35. The summed E-state index contributed by atoms with van der Waals surface area (Å²) in [5, 5.41) is 3.11. The largest absolute Gasteiger partial charge is 0.303 e. The van der Waals surface area contributed by atoms with Gasteiger partial charge in [-0.05, 0) is 44.2 Å². The first kappa shape index (κ1) is 14.5. The second-order valence-corrected chi connectivity index (χ2v) is 4.82. The zero-order valence-corrected chi connectivity index (χ0v) is 11.2. The molecule has 0 spiro atoms. The van der Waals surface area contributed by atoms with E-state index in [4.69, 9.17) is 0 Å². The van der Waals surface area contributed by atoms with E-state index >= 15 is 0 Å². The van der Waals surface area contributed by atoms with Gasteiger partial charge in [-0.1, -0.05) is 0 Å². The quantitative estimate of drug-likeness (QED) is 0.925. The summed E-state index contributed by atoms with van der Waals surface area (Å²) in [4.78, 5) is 3.95. The van der Waals surface area contributed by atoms with E-state index in [1.165, 1.54) is 12.1 Å². The lowest BCUT2D eigenvalue weighted by Gasteiger charge is -2.22. The second-order valence-electron chi connectivity index (χ2n) is 4.82. The Kier molecular flexibility index (Phi) is 4.39. The maximum Gasteiger partial charge on any atom is 0.141 e. The summed E-state index contributed by atoms with van der Waals surface area (Å²) >= 11 is 0. The molecule has 1 N–H and O–H groups in total. The summed E-state index contributed by atoms with van der Waals surface area (Å²) in [6.45, 7) is 3.77. The molecule has 2 nitrogen and oxygen atoms in total. The Morgan fingerprint density at radius 3 is 2.30 bits per heavy atom. The molecule has 1 aromatic heterocycles. The lowest BCUT2D eigenvalue weighted by Crippen LogP contribution is -2.30. The summed E-state index contributed by atoms with van der Waals surface area (Å²) in [5.74, 6) is -1.54. The van der Waals surface area contributed by atoms with E-state index in [-0.39, 0.29) is 11.6 Å². The van der Waals surface area contributed by atoms with Crippen LogP contribution in [0.2, 0.25) is 0 Å². The van der Waals surface area contributed by atoms with Crippen LogP contribution in [0.5, 0.6) is 0 Å². The summed E-state index contributed by atoms with van der Waals surface area (Å²) < 4.78 is 40.2. The van der Waals surface area contributed by atoms with E-state index in [2.05, 4.69) is 10.3 Å². The SMILES string of the molecule is CC(C)NC(c1ccc(F)cn1)c1cc(F)ccc1F. The molecule has 2 rings (SSSR count). The third-order valence-electron chi connectivity index (χ3n) is 2.82. The van der Waals surface area contributed by atoms with Gasteiger partial charge in [-0.25, -0.2) is 13.2 Å². The van der Waals surface area contributed by atoms with Crippen LogP contribution in [0.1, 0.15) is 31.1 Å². The second kappa shape index (κ2) is 6.05. The van der Waals surface area contributed by atoms with Gasteiger partial charge in [0.1, 0.15) is 17.5 Å². The van der Waals surface area contributed by atoms with Gasteiger partial charge in [-0.15, -0.1) is 0 Å². The molecule has 0 radical (unpaired) electrons.